The molecule has 0 unspecified atom stereocenters. The zero-order chi connectivity index (χ0) is 7.56. The first-order chi connectivity index (χ1) is 4.70. The molecule has 0 spiro atoms. The monoisotopic (exact) mass is 142 g/mol. The average Bonchev–Trinajstić information content (AvgIpc) is 1.88. The summed E-state index contributed by atoms with van der Waals surface area (Å²) in [6.07, 6.45) is 0.566. The molecule has 1 fully saturated rings. The second-order valence-electron chi connectivity index (χ2n) is 2.36. The van der Waals surface area contributed by atoms with Crippen LogP contribution in [0.25, 0.3) is 0 Å². The van der Waals surface area contributed by atoms with Crippen molar-refractivity contribution in [3.63, 3.8) is 0 Å². The smallest absolute Gasteiger partial charge is 0.220 e. The molecule has 0 aliphatic carbocycles. The molecule has 0 aromatic carbocycles. The predicted octanol–water partition coefficient (Wildman–Crippen LogP) is -1.74. The highest BCUT2D eigenvalue weighted by Gasteiger charge is 2.19. The van der Waals surface area contributed by atoms with Gasteiger partial charge in [0.25, 0.3) is 0 Å². The van der Waals surface area contributed by atoms with Gasteiger partial charge in [-0.15, -0.1) is 0 Å². The third-order valence-corrected chi connectivity index (χ3v) is 1.58. The van der Waals surface area contributed by atoms with Crippen molar-refractivity contribution >= 4 is 11.9 Å². The number of carboxylic acids is 1. The molecule has 1 amide bonds. The summed E-state index contributed by atoms with van der Waals surface area (Å²) in [6, 6.07) is 0. The summed E-state index contributed by atoms with van der Waals surface area (Å²) >= 11 is 0. The third-order valence-electron chi connectivity index (χ3n) is 1.58. The molecule has 1 atom stereocenters. The van der Waals surface area contributed by atoms with Gasteiger partial charge in [-0.3, -0.25) is 4.79 Å². The van der Waals surface area contributed by atoms with Crippen molar-refractivity contribution in [1.29, 1.82) is 0 Å². The van der Waals surface area contributed by atoms with Crippen molar-refractivity contribution < 1.29 is 14.7 Å². The quantitative estimate of drug-likeness (QED) is 0.472. The van der Waals surface area contributed by atoms with Crippen LogP contribution in [0.2, 0.25) is 0 Å². The van der Waals surface area contributed by atoms with Crippen molar-refractivity contribution in [3.8, 4) is 0 Å². The van der Waals surface area contributed by atoms with Gasteiger partial charge in [-0.2, -0.15) is 0 Å². The van der Waals surface area contributed by atoms with Crippen LogP contribution in [-0.4, -0.2) is 18.4 Å². The molecule has 10 heavy (non-hydrogen) atoms. The minimum atomic E-state index is -1.12. The zero-order valence-corrected chi connectivity index (χ0v) is 5.42. The largest absolute Gasteiger partial charge is 0.550 e. The minimum Gasteiger partial charge on any atom is -0.550 e. The topological polar surface area (TPSA) is 69.2 Å². The standard InChI is InChI=1S/C6H9NO3/c8-5-3-4(6(9)10)1-2-7-5/h4H,1-3H2,(H,7,8)(H,9,10)/p-1/t4-/m0/s1. The van der Waals surface area contributed by atoms with Gasteiger partial charge >= 0.3 is 0 Å². The summed E-state index contributed by atoms with van der Waals surface area (Å²) in [4.78, 5) is 20.8. The second-order valence-corrected chi connectivity index (χ2v) is 2.36. The highest BCUT2D eigenvalue weighted by molar-refractivity contribution is 5.82. The van der Waals surface area contributed by atoms with Gasteiger partial charge in [0.15, 0.2) is 0 Å². The molecule has 1 saturated heterocycles. The van der Waals surface area contributed by atoms with Crippen LogP contribution >= 0.6 is 0 Å². The molecular weight excluding hydrogens is 134 g/mol. The van der Waals surface area contributed by atoms with Crippen molar-refractivity contribution in [2.45, 2.75) is 12.8 Å². The van der Waals surface area contributed by atoms with Gasteiger partial charge in [0.2, 0.25) is 5.91 Å². The first-order valence-electron chi connectivity index (χ1n) is 3.17. The van der Waals surface area contributed by atoms with Gasteiger partial charge < -0.3 is 15.2 Å². The molecule has 4 heteroatoms. The van der Waals surface area contributed by atoms with E-state index in [9.17, 15) is 14.7 Å². The van der Waals surface area contributed by atoms with E-state index in [-0.39, 0.29) is 12.3 Å². The van der Waals surface area contributed by atoms with Crippen LogP contribution in [0.5, 0.6) is 0 Å². The molecule has 1 rings (SSSR count). The number of carboxylic acid groups (broad SMARTS) is 1. The minimum absolute atomic E-state index is 0.0718. The first-order valence-corrected chi connectivity index (χ1v) is 3.17. The van der Waals surface area contributed by atoms with Gasteiger partial charge in [0.05, 0.1) is 0 Å². The van der Waals surface area contributed by atoms with E-state index < -0.39 is 11.9 Å². The van der Waals surface area contributed by atoms with Crippen LogP contribution in [0.15, 0.2) is 0 Å². The zero-order valence-electron chi connectivity index (χ0n) is 5.42. The Bertz CT molecular complexity index is 164. The summed E-state index contributed by atoms with van der Waals surface area (Å²) in [5, 5.41) is 12.7. The van der Waals surface area contributed by atoms with E-state index in [1.54, 1.807) is 0 Å². The van der Waals surface area contributed by atoms with Crippen LogP contribution < -0.4 is 10.4 Å². The van der Waals surface area contributed by atoms with Crippen molar-refractivity contribution in [3.05, 3.63) is 0 Å². The van der Waals surface area contributed by atoms with Gasteiger partial charge in [-0.25, -0.2) is 0 Å². The van der Waals surface area contributed by atoms with E-state index in [4.69, 9.17) is 0 Å². The Morgan fingerprint density at radius 2 is 2.40 bits per heavy atom. The molecule has 4 nitrogen and oxygen atoms in total. The summed E-state index contributed by atoms with van der Waals surface area (Å²) in [5.41, 5.74) is 0. The van der Waals surface area contributed by atoms with Crippen LogP contribution in [0.4, 0.5) is 0 Å². The van der Waals surface area contributed by atoms with Gasteiger partial charge in [-0.05, 0) is 6.42 Å². The lowest BCUT2D eigenvalue weighted by Gasteiger charge is -2.22. The van der Waals surface area contributed by atoms with Crippen molar-refractivity contribution in [2.24, 2.45) is 5.92 Å². The first kappa shape index (κ1) is 7.05. The fourth-order valence-corrected chi connectivity index (χ4v) is 0.985. The Hall–Kier alpha value is -1.06. The van der Waals surface area contributed by atoms with Gasteiger partial charge in [-0.1, -0.05) is 0 Å². The van der Waals surface area contributed by atoms with E-state index in [0.29, 0.717) is 13.0 Å². The van der Waals surface area contributed by atoms with E-state index in [0.717, 1.165) is 0 Å². The number of carbonyl (C=O) groups excluding carboxylic acids is 2. The maximum Gasteiger partial charge on any atom is 0.220 e. The number of aliphatic carboxylic acids is 1. The molecule has 1 N–H and O–H groups in total. The molecule has 0 radical (unpaired) electrons. The summed E-state index contributed by atoms with van der Waals surface area (Å²) in [6.45, 7) is 0.456. The second kappa shape index (κ2) is 2.68. The van der Waals surface area contributed by atoms with Crippen LogP contribution in [0.3, 0.4) is 0 Å². The summed E-state index contributed by atoms with van der Waals surface area (Å²) in [5.74, 6) is -1.89. The number of carbonyl (C=O) groups is 2. The molecular formula is C6H8NO3-. The Kier molecular flexibility index (Phi) is 1.89. The number of hydrogen-bond donors (Lipinski definition) is 1. The highest BCUT2D eigenvalue weighted by atomic mass is 16.4. The third kappa shape index (κ3) is 1.46. The van der Waals surface area contributed by atoms with Gasteiger partial charge in [0, 0.05) is 24.9 Å². The number of amides is 1. The molecule has 0 aromatic heterocycles. The van der Waals surface area contributed by atoms with Crippen molar-refractivity contribution in [2.75, 3.05) is 6.54 Å². The normalized spacial score (nSPS) is 25.6. The maximum atomic E-state index is 10.6. The molecule has 1 aliphatic heterocycles. The Balaban J connectivity index is 2.47. The Morgan fingerprint density at radius 1 is 1.70 bits per heavy atom. The van der Waals surface area contributed by atoms with E-state index >= 15 is 0 Å². The van der Waals surface area contributed by atoms with E-state index in [1.165, 1.54) is 0 Å². The van der Waals surface area contributed by atoms with E-state index in [1.807, 2.05) is 0 Å². The number of rotatable bonds is 1. The number of nitrogens with one attached hydrogen (secondary N) is 1. The average molecular weight is 142 g/mol. The van der Waals surface area contributed by atoms with E-state index in [2.05, 4.69) is 5.32 Å². The maximum absolute atomic E-state index is 10.6. The van der Waals surface area contributed by atoms with Crippen LogP contribution in [0, 0.1) is 5.92 Å². The van der Waals surface area contributed by atoms with Crippen LogP contribution in [-0.2, 0) is 9.59 Å². The molecule has 56 valence electrons. The number of hydrogen-bond acceptors (Lipinski definition) is 3. The lowest BCUT2D eigenvalue weighted by atomic mass is 9.98. The summed E-state index contributed by atoms with van der Waals surface area (Å²) in [7, 11) is 0. The fourth-order valence-electron chi connectivity index (χ4n) is 0.985. The molecule has 1 heterocycles. The summed E-state index contributed by atoms with van der Waals surface area (Å²) < 4.78 is 0. The lowest BCUT2D eigenvalue weighted by Crippen LogP contribution is -2.41. The SMILES string of the molecule is O=C1C[C@@H](C(=O)[O-])CCN1. The van der Waals surface area contributed by atoms with Crippen LogP contribution in [0.1, 0.15) is 12.8 Å². The molecule has 0 aromatic rings. The Morgan fingerprint density at radius 3 is 2.80 bits per heavy atom. The lowest BCUT2D eigenvalue weighted by molar-refractivity contribution is -0.312. The predicted molar refractivity (Wildman–Crippen MR) is 30.7 cm³/mol. The fraction of sp³-hybridized carbons (Fsp3) is 0.667. The van der Waals surface area contributed by atoms with Crippen molar-refractivity contribution in [1.82, 2.24) is 5.32 Å². The Labute approximate surface area is 58.2 Å². The van der Waals surface area contributed by atoms with Gasteiger partial charge in [0.1, 0.15) is 0 Å². The molecule has 1 aliphatic rings. The number of piperidine rings is 1. The molecule has 0 bridgehead atoms. The highest BCUT2D eigenvalue weighted by Crippen LogP contribution is 2.10. The molecule has 0 saturated carbocycles.